The number of nitrogens with one attached hydrogen (secondary N) is 1. The first-order chi connectivity index (χ1) is 9.61. The largest absolute Gasteiger partial charge is 0.341 e. The number of amides is 2. The monoisotopic (exact) mass is 296 g/mol. The van der Waals surface area contributed by atoms with Crippen molar-refractivity contribution in [1.29, 1.82) is 0 Å². The number of aromatic nitrogens is 1. The third kappa shape index (κ3) is 3.55. The van der Waals surface area contributed by atoms with E-state index in [1.54, 1.807) is 12.3 Å². The quantitative estimate of drug-likeness (QED) is 0.857. The summed E-state index contributed by atoms with van der Waals surface area (Å²) in [5.41, 5.74) is 5.79. The Kier molecular flexibility index (Phi) is 5.08. The van der Waals surface area contributed by atoms with Gasteiger partial charge in [0.1, 0.15) is 16.7 Å². The predicted molar refractivity (Wildman–Crippen MR) is 77.4 cm³/mol. The summed E-state index contributed by atoms with van der Waals surface area (Å²) in [6.45, 7) is 3.60. The molecule has 1 aliphatic heterocycles. The molecule has 2 rings (SSSR count). The molecule has 1 aromatic heterocycles. The first-order valence-electron chi connectivity index (χ1n) is 6.86. The molecule has 1 atom stereocenters. The molecule has 1 fully saturated rings. The van der Waals surface area contributed by atoms with Crippen LogP contribution >= 0.6 is 11.3 Å². The molecule has 3 N–H and O–H groups in total. The minimum absolute atomic E-state index is 0.0210. The van der Waals surface area contributed by atoms with Crippen molar-refractivity contribution in [3.8, 4) is 0 Å². The van der Waals surface area contributed by atoms with Crippen LogP contribution in [0.25, 0.3) is 0 Å². The second kappa shape index (κ2) is 6.81. The molecule has 1 aromatic rings. The van der Waals surface area contributed by atoms with Gasteiger partial charge in [-0.05, 0) is 26.2 Å². The van der Waals surface area contributed by atoms with Gasteiger partial charge in [0.25, 0.3) is 5.91 Å². The van der Waals surface area contributed by atoms with Crippen LogP contribution in [0.3, 0.4) is 0 Å². The van der Waals surface area contributed by atoms with Gasteiger partial charge in [-0.2, -0.15) is 0 Å². The van der Waals surface area contributed by atoms with Gasteiger partial charge < -0.3 is 16.0 Å². The van der Waals surface area contributed by atoms with Crippen LogP contribution in [0.15, 0.2) is 5.38 Å². The van der Waals surface area contributed by atoms with E-state index in [4.69, 9.17) is 5.73 Å². The van der Waals surface area contributed by atoms with Crippen molar-refractivity contribution in [3.63, 3.8) is 0 Å². The Morgan fingerprint density at radius 1 is 1.45 bits per heavy atom. The van der Waals surface area contributed by atoms with Crippen LogP contribution in [-0.2, 0) is 11.3 Å². The number of likely N-dealkylation sites (tertiary alicyclic amines) is 1. The van der Waals surface area contributed by atoms with Crippen molar-refractivity contribution >= 4 is 23.2 Å². The Bertz CT molecular complexity index is 482. The van der Waals surface area contributed by atoms with E-state index in [1.807, 2.05) is 4.90 Å². The number of piperidine rings is 1. The van der Waals surface area contributed by atoms with Gasteiger partial charge in [-0.3, -0.25) is 9.59 Å². The van der Waals surface area contributed by atoms with Crippen LogP contribution in [0, 0.1) is 0 Å². The maximum absolute atomic E-state index is 12.2. The van der Waals surface area contributed by atoms with Crippen molar-refractivity contribution < 1.29 is 9.59 Å². The topological polar surface area (TPSA) is 88.3 Å². The number of hydrogen-bond acceptors (Lipinski definition) is 5. The van der Waals surface area contributed by atoms with Crippen molar-refractivity contribution in [2.75, 3.05) is 13.1 Å². The number of carbonyl (C=O) groups is 2. The molecule has 0 aromatic carbocycles. The minimum Gasteiger partial charge on any atom is -0.341 e. The molecular weight excluding hydrogens is 276 g/mol. The van der Waals surface area contributed by atoms with Crippen molar-refractivity contribution in [3.05, 3.63) is 16.1 Å². The van der Waals surface area contributed by atoms with Gasteiger partial charge in [0.2, 0.25) is 5.91 Å². The molecule has 0 radical (unpaired) electrons. The van der Waals surface area contributed by atoms with Gasteiger partial charge in [0.05, 0.1) is 0 Å². The van der Waals surface area contributed by atoms with E-state index < -0.39 is 6.04 Å². The highest BCUT2D eigenvalue weighted by Gasteiger charge is 2.24. The van der Waals surface area contributed by atoms with Gasteiger partial charge in [0, 0.05) is 25.0 Å². The summed E-state index contributed by atoms with van der Waals surface area (Å²) in [6, 6.07) is -0.524. The van der Waals surface area contributed by atoms with Crippen LogP contribution < -0.4 is 11.1 Å². The van der Waals surface area contributed by atoms with Crippen molar-refractivity contribution in [2.24, 2.45) is 5.73 Å². The number of nitrogens with zero attached hydrogens (tertiary/aromatic N) is 2. The number of rotatable bonds is 4. The van der Waals surface area contributed by atoms with Gasteiger partial charge in [-0.1, -0.05) is 0 Å². The average molecular weight is 296 g/mol. The fraction of sp³-hybridized carbons (Fsp3) is 0.615. The Balaban J connectivity index is 1.91. The lowest BCUT2D eigenvalue weighted by Gasteiger charge is -2.29. The summed E-state index contributed by atoms with van der Waals surface area (Å²) in [6.07, 6.45) is 3.25. The van der Waals surface area contributed by atoms with Crippen molar-refractivity contribution in [2.45, 2.75) is 38.8 Å². The molecule has 7 heteroatoms. The molecule has 2 amide bonds. The Morgan fingerprint density at radius 3 is 2.75 bits per heavy atom. The molecule has 1 unspecified atom stereocenters. The zero-order valence-corrected chi connectivity index (χ0v) is 12.4. The Hall–Kier alpha value is -1.47. The normalized spacial score (nSPS) is 16.8. The molecular formula is C13H20N4O2S. The Labute approximate surface area is 122 Å². The first-order valence-corrected chi connectivity index (χ1v) is 7.74. The van der Waals surface area contributed by atoms with Crippen LogP contribution in [0.2, 0.25) is 0 Å². The summed E-state index contributed by atoms with van der Waals surface area (Å²) >= 11 is 1.35. The molecule has 1 saturated heterocycles. The van der Waals surface area contributed by atoms with Gasteiger partial charge in [-0.15, -0.1) is 11.3 Å². The smallest absolute Gasteiger partial charge is 0.271 e. The molecule has 20 heavy (non-hydrogen) atoms. The SMILES string of the molecule is CC(NC(=O)c1csc(CN)n1)C(=O)N1CCCCC1. The summed E-state index contributed by atoms with van der Waals surface area (Å²) in [5.74, 6) is -0.342. The van der Waals surface area contributed by atoms with Crippen LogP contribution in [0.4, 0.5) is 0 Å². The van der Waals surface area contributed by atoms with Crippen LogP contribution in [-0.4, -0.2) is 40.8 Å². The van der Waals surface area contributed by atoms with Crippen LogP contribution in [0.5, 0.6) is 0 Å². The fourth-order valence-electron chi connectivity index (χ4n) is 2.23. The first kappa shape index (κ1) is 14.9. The summed E-state index contributed by atoms with van der Waals surface area (Å²) in [4.78, 5) is 30.1. The number of carbonyl (C=O) groups excluding carboxylic acids is 2. The minimum atomic E-state index is -0.524. The van der Waals surface area contributed by atoms with E-state index in [2.05, 4.69) is 10.3 Å². The molecule has 1 aliphatic rings. The van der Waals surface area contributed by atoms with E-state index >= 15 is 0 Å². The summed E-state index contributed by atoms with van der Waals surface area (Å²) < 4.78 is 0. The molecule has 110 valence electrons. The zero-order valence-electron chi connectivity index (χ0n) is 11.6. The number of hydrogen-bond donors (Lipinski definition) is 2. The summed E-state index contributed by atoms with van der Waals surface area (Å²) in [5, 5.41) is 5.08. The highest BCUT2D eigenvalue weighted by molar-refractivity contribution is 7.09. The molecule has 0 saturated carbocycles. The highest BCUT2D eigenvalue weighted by atomic mass is 32.1. The van der Waals surface area contributed by atoms with Crippen molar-refractivity contribution in [1.82, 2.24) is 15.2 Å². The lowest BCUT2D eigenvalue weighted by atomic mass is 10.1. The average Bonchev–Trinajstić information content (AvgIpc) is 2.96. The second-order valence-electron chi connectivity index (χ2n) is 4.91. The maximum atomic E-state index is 12.2. The molecule has 2 heterocycles. The van der Waals surface area contributed by atoms with Gasteiger partial charge >= 0.3 is 0 Å². The van der Waals surface area contributed by atoms with Crippen LogP contribution in [0.1, 0.15) is 41.7 Å². The molecule has 0 aliphatic carbocycles. The fourth-order valence-corrected chi connectivity index (χ4v) is 2.88. The predicted octanol–water partition coefficient (Wildman–Crippen LogP) is 0.733. The van der Waals surface area contributed by atoms with E-state index in [1.165, 1.54) is 17.8 Å². The maximum Gasteiger partial charge on any atom is 0.271 e. The highest BCUT2D eigenvalue weighted by Crippen LogP contribution is 2.11. The number of thiazole rings is 1. The van der Waals surface area contributed by atoms with Gasteiger partial charge in [-0.25, -0.2) is 4.98 Å². The lowest BCUT2D eigenvalue weighted by molar-refractivity contribution is -0.133. The zero-order chi connectivity index (χ0) is 14.5. The molecule has 0 spiro atoms. The lowest BCUT2D eigenvalue weighted by Crippen LogP contribution is -2.48. The molecule has 6 nitrogen and oxygen atoms in total. The van der Waals surface area contributed by atoms with E-state index in [9.17, 15) is 9.59 Å². The third-order valence-corrected chi connectivity index (χ3v) is 4.22. The van der Waals surface area contributed by atoms with E-state index in [0.717, 1.165) is 25.9 Å². The standard InChI is InChI=1S/C13H20N4O2S/c1-9(13(19)17-5-3-2-4-6-17)15-12(18)10-8-20-11(7-14)16-10/h8-9H,2-7,14H2,1H3,(H,15,18). The summed E-state index contributed by atoms with van der Waals surface area (Å²) in [7, 11) is 0. The van der Waals surface area contributed by atoms with Gasteiger partial charge in [0.15, 0.2) is 0 Å². The molecule has 0 bridgehead atoms. The second-order valence-corrected chi connectivity index (χ2v) is 5.85. The third-order valence-electron chi connectivity index (χ3n) is 3.34. The van der Waals surface area contributed by atoms with E-state index in [0.29, 0.717) is 17.2 Å². The number of nitrogens with two attached hydrogens (primary N) is 1. The van der Waals surface area contributed by atoms with E-state index in [-0.39, 0.29) is 11.8 Å². The Morgan fingerprint density at radius 2 is 2.15 bits per heavy atom.